The lowest BCUT2D eigenvalue weighted by Crippen LogP contribution is -2.29. The van der Waals surface area contributed by atoms with Crippen LogP contribution in [0.3, 0.4) is 0 Å². The lowest BCUT2D eigenvalue weighted by atomic mass is 9.98. The van der Waals surface area contributed by atoms with Crippen LogP contribution < -0.4 is 15.4 Å². The summed E-state index contributed by atoms with van der Waals surface area (Å²) in [5.41, 5.74) is 10.5. The Bertz CT molecular complexity index is 1710. The lowest BCUT2D eigenvalue weighted by Gasteiger charge is -2.31. The average Bonchev–Trinajstić information content (AvgIpc) is 3.72. The first-order valence-corrected chi connectivity index (χ1v) is 16.8. The van der Waals surface area contributed by atoms with E-state index in [4.69, 9.17) is 38.4 Å². The molecule has 0 radical (unpaired) electrons. The highest BCUT2D eigenvalue weighted by Crippen LogP contribution is 2.42. The number of hydrogen-bond donors (Lipinski definition) is 1. The van der Waals surface area contributed by atoms with Gasteiger partial charge >= 0.3 is 6.01 Å². The molecule has 4 aliphatic heterocycles. The quantitative estimate of drug-likeness (QED) is 0.272. The first-order chi connectivity index (χ1) is 23.0. The zero-order valence-electron chi connectivity index (χ0n) is 27.5. The number of halogens is 4. The Morgan fingerprint density at radius 2 is 1.96 bits per heavy atom. The van der Waals surface area contributed by atoms with Crippen LogP contribution in [0.25, 0.3) is 0 Å². The molecule has 2 unspecified atom stereocenters. The normalized spacial score (nSPS) is 21.2. The van der Waals surface area contributed by atoms with E-state index in [1.807, 2.05) is 11.6 Å². The number of carbonyl (C=O) groups excluding carboxylic acids is 1. The molecular weight excluding hydrogens is 665 g/mol. The Morgan fingerprint density at radius 1 is 1.17 bits per heavy atom. The SMILES string of the molecule is COc1nc2c(c(N3CCCn4nc(C(=O)N(C)C)c(C)c4C3)n1)COC(c1c(F)c(N)cc(Cl)c1Cl)C2.F/C=C1/CC2CCCN2C1. The third-order valence-electron chi connectivity index (χ3n) is 9.51. The van der Waals surface area contributed by atoms with Crippen LogP contribution >= 0.6 is 23.2 Å². The zero-order chi connectivity index (χ0) is 34.3. The van der Waals surface area contributed by atoms with E-state index in [0.29, 0.717) is 42.9 Å². The van der Waals surface area contributed by atoms with E-state index in [0.717, 1.165) is 48.1 Å². The second-order valence-electron chi connectivity index (χ2n) is 12.8. The molecule has 258 valence electrons. The molecule has 1 amide bonds. The molecule has 2 aromatic heterocycles. The monoisotopic (exact) mass is 704 g/mol. The summed E-state index contributed by atoms with van der Waals surface area (Å²) in [7, 11) is 4.92. The maximum absolute atomic E-state index is 15.0. The molecule has 0 aliphatic carbocycles. The van der Waals surface area contributed by atoms with Crippen molar-refractivity contribution in [2.75, 3.05) is 51.5 Å². The fourth-order valence-electron chi connectivity index (χ4n) is 6.97. The lowest BCUT2D eigenvalue weighted by molar-refractivity contribution is 0.0237. The molecule has 11 nitrogen and oxygen atoms in total. The molecule has 2 fully saturated rings. The fourth-order valence-corrected chi connectivity index (χ4v) is 7.45. The molecular formula is C33H40Cl2F2N8O3. The Kier molecular flexibility index (Phi) is 10.1. The van der Waals surface area contributed by atoms with Crippen molar-refractivity contribution in [1.82, 2.24) is 29.5 Å². The number of nitrogens with zero attached hydrogens (tertiary/aromatic N) is 7. The van der Waals surface area contributed by atoms with E-state index in [2.05, 4.69) is 24.9 Å². The van der Waals surface area contributed by atoms with Crippen molar-refractivity contribution in [3.8, 4) is 6.01 Å². The summed E-state index contributed by atoms with van der Waals surface area (Å²) in [6, 6.07) is 2.16. The van der Waals surface area contributed by atoms with Crippen LogP contribution in [0.15, 0.2) is 18.0 Å². The first-order valence-electron chi connectivity index (χ1n) is 16.0. The number of nitrogens with two attached hydrogens (primary N) is 1. The number of aryl methyl sites for hydroxylation is 1. The summed E-state index contributed by atoms with van der Waals surface area (Å²) in [6.45, 7) is 5.97. The predicted octanol–water partition coefficient (Wildman–Crippen LogP) is 5.65. The van der Waals surface area contributed by atoms with Crippen LogP contribution in [0.4, 0.5) is 20.3 Å². The molecule has 0 bridgehead atoms. The molecule has 15 heteroatoms. The Morgan fingerprint density at radius 3 is 2.67 bits per heavy atom. The maximum Gasteiger partial charge on any atom is 0.318 e. The Balaban J connectivity index is 0.000000340. The molecule has 1 aromatic carbocycles. The number of carbonyl (C=O) groups is 1. The molecule has 48 heavy (non-hydrogen) atoms. The van der Waals surface area contributed by atoms with Crippen LogP contribution in [0.5, 0.6) is 6.01 Å². The van der Waals surface area contributed by atoms with Gasteiger partial charge in [0.25, 0.3) is 5.91 Å². The number of rotatable bonds is 4. The second-order valence-corrected chi connectivity index (χ2v) is 13.6. The summed E-state index contributed by atoms with van der Waals surface area (Å²) in [5.74, 6) is -0.131. The predicted molar refractivity (Wildman–Crippen MR) is 180 cm³/mol. The van der Waals surface area contributed by atoms with Crippen molar-refractivity contribution in [2.45, 2.75) is 70.9 Å². The molecule has 2 atom stereocenters. The number of ether oxygens (including phenoxy) is 2. The van der Waals surface area contributed by atoms with E-state index in [1.54, 1.807) is 14.1 Å². The minimum absolute atomic E-state index is 0.0624. The molecule has 4 aliphatic rings. The van der Waals surface area contributed by atoms with Crippen LogP contribution in [0.2, 0.25) is 10.0 Å². The number of hydrogen-bond acceptors (Lipinski definition) is 9. The molecule has 6 heterocycles. The van der Waals surface area contributed by atoms with E-state index >= 15 is 4.39 Å². The van der Waals surface area contributed by atoms with Crippen molar-refractivity contribution in [3.05, 3.63) is 67.6 Å². The Labute approximate surface area is 288 Å². The standard InChI is InChI=1S/C25H28Cl2FN7O3.C8H12FN/c1-12-17-10-34(6-5-7-35(17)32-22(12)24(36)33(2)3)23-13-11-38-18(9-16(13)30-25(31-23)37-4)19-20(27)14(26)8-15(29)21(19)28;9-5-7-4-8-2-1-3-10(8)6-7/h8,18H,5-7,9-11,29H2,1-4H3;5,8H,1-4,6H2/b;7-5-. The van der Waals surface area contributed by atoms with Gasteiger partial charge in [-0.3, -0.25) is 14.4 Å². The summed E-state index contributed by atoms with van der Waals surface area (Å²) in [5, 5.41) is 4.82. The van der Waals surface area contributed by atoms with Gasteiger partial charge < -0.3 is 25.0 Å². The summed E-state index contributed by atoms with van der Waals surface area (Å²) in [6.07, 6.45) is 4.63. The minimum atomic E-state index is -0.740. The highest BCUT2D eigenvalue weighted by atomic mass is 35.5. The molecule has 0 spiro atoms. The highest BCUT2D eigenvalue weighted by molar-refractivity contribution is 6.42. The van der Waals surface area contributed by atoms with E-state index in [-0.39, 0.29) is 46.2 Å². The second kappa shape index (κ2) is 14.1. The first kappa shape index (κ1) is 34.3. The van der Waals surface area contributed by atoms with Crippen LogP contribution in [-0.4, -0.2) is 82.3 Å². The molecule has 2 N–H and O–H groups in total. The number of fused-ring (bicyclic) bond motifs is 3. The molecule has 7 rings (SSSR count). The maximum atomic E-state index is 15.0. The van der Waals surface area contributed by atoms with Crippen molar-refractivity contribution < 1.29 is 23.0 Å². The van der Waals surface area contributed by atoms with Gasteiger partial charge in [-0.1, -0.05) is 23.2 Å². The van der Waals surface area contributed by atoms with Crippen molar-refractivity contribution in [1.29, 1.82) is 0 Å². The number of benzene rings is 1. The van der Waals surface area contributed by atoms with Gasteiger partial charge in [0.15, 0.2) is 11.5 Å². The minimum Gasteiger partial charge on any atom is -0.467 e. The number of anilines is 2. The van der Waals surface area contributed by atoms with Gasteiger partial charge in [-0.2, -0.15) is 15.1 Å². The number of aromatic nitrogens is 4. The highest BCUT2D eigenvalue weighted by Gasteiger charge is 2.34. The third kappa shape index (κ3) is 6.57. The van der Waals surface area contributed by atoms with Gasteiger partial charge in [-0.15, -0.1) is 0 Å². The van der Waals surface area contributed by atoms with Gasteiger partial charge in [0.05, 0.1) is 59.8 Å². The summed E-state index contributed by atoms with van der Waals surface area (Å²) in [4.78, 5) is 27.9. The van der Waals surface area contributed by atoms with E-state index in [9.17, 15) is 9.18 Å². The number of nitrogen functional groups attached to an aromatic ring is 1. The van der Waals surface area contributed by atoms with Gasteiger partial charge in [0.2, 0.25) is 0 Å². The smallest absolute Gasteiger partial charge is 0.318 e. The third-order valence-corrected chi connectivity index (χ3v) is 10.3. The topological polar surface area (TPSA) is 115 Å². The van der Waals surface area contributed by atoms with Gasteiger partial charge in [-0.25, -0.2) is 8.78 Å². The van der Waals surface area contributed by atoms with Crippen LogP contribution in [-0.2, 0) is 30.9 Å². The summed E-state index contributed by atoms with van der Waals surface area (Å²) >= 11 is 12.5. The van der Waals surface area contributed by atoms with Gasteiger partial charge in [0.1, 0.15) is 5.82 Å². The van der Waals surface area contributed by atoms with Gasteiger partial charge in [0, 0.05) is 62.9 Å². The van der Waals surface area contributed by atoms with E-state index in [1.165, 1.54) is 37.5 Å². The Hall–Kier alpha value is -3.52. The molecule has 3 aromatic rings. The zero-order valence-corrected chi connectivity index (χ0v) is 29.0. The molecule has 2 saturated heterocycles. The van der Waals surface area contributed by atoms with Crippen molar-refractivity contribution in [3.63, 3.8) is 0 Å². The molecule has 0 saturated carbocycles. The van der Waals surface area contributed by atoms with Gasteiger partial charge in [-0.05, 0) is 50.8 Å². The van der Waals surface area contributed by atoms with Crippen molar-refractivity contribution in [2.24, 2.45) is 0 Å². The van der Waals surface area contributed by atoms with E-state index < -0.39 is 11.9 Å². The number of methoxy groups -OCH3 is 1. The van der Waals surface area contributed by atoms with Crippen molar-refractivity contribution >= 4 is 40.6 Å². The number of amides is 1. The van der Waals surface area contributed by atoms with Crippen LogP contribution in [0.1, 0.15) is 70.4 Å². The van der Waals surface area contributed by atoms with Crippen LogP contribution in [0, 0.1) is 12.7 Å². The summed E-state index contributed by atoms with van der Waals surface area (Å²) < 4.78 is 40.4. The average molecular weight is 706 g/mol. The fraction of sp³-hybridized carbons (Fsp3) is 0.515. The largest absolute Gasteiger partial charge is 0.467 e.